The zero-order chi connectivity index (χ0) is 23.8. The van der Waals surface area contributed by atoms with Crippen LogP contribution in [0.4, 0.5) is 5.82 Å². The maximum absolute atomic E-state index is 13.5. The number of hydrogen-bond acceptors (Lipinski definition) is 8. The van der Waals surface area contributed by atoms with Gasteiger partial charge in [0.25, 0.3) is 5.91 Å². The highest BCUT2D eigenvalue weighted by atomic mass is 32.1. The number of carbonyl (C=O) groups excluding carboxylic acids is 2. The molecule has 1 saturated carbocycles. The number of carbonyl (C=O) groups is 2. The molecule has 0 radical (unpaired) electrons. The van der Waals surface area contributed by atoms with Gasteiger partial charge in [0.1, 0.15) is 16.3 Å². The molecular formula is C24H25N7O2S2. The third-order valence-corrected chi connectivity index (χ3v) is 8.18. The van der Waals surface area contributed by atoms with E-state index in [0.29, 0.717) is 37.0 Å². The fraction of sp³-hybridized carbons (Fsp3) is 0.375. The van der Waals surface area contributed by atoms with Crippen LogP contribution in [0.3, 0.4) is 0 Å². The fourth-order valence-electron chi connectivity index (χ4n) is 4.29. The molecule has 35 heavy (non-hydrogen) atoms. The van der Waals surface area contributed by atoms with Crippen molar-refractivity contribution in [3.63, 3.8) is 0 Å². The normalized spacial score (nSPS) is 16.5. The Morgan fingerprint density at radius 2 is 1.94 bits per heavy atom. The van der Waals surface area contributed by atoms with Gasteiger partial charge in [-0.15, -0.1) is 22.7 Å². The van der Waals surface area contributed by atoms with E-state index in [1.807, 2.05) is 27.9 Å². The van der Waals surface area contributed by atoms with Gasteiger partial charge in [0.2, 0.25) is 5.91 Å². The summed E-state index contributed by atoms with van der Waals surface area (Å²) < 4.78 is 1.79. The molecule has 4 aromatic heterocycles. The third-order valence-electron chi connectivity index (χ3n) is 6.42. The standard InChI is InChI=1S/C24H25N7O2S2/c32-22(15-3-4-15)27-16-5-7-30(8-6-16)23(33)19-12-20(25-13-17-2-1-10-34-17)29-21(28-19)18-14-26-31-9-11-35-24(18)31/h1-2,9-12,14-16H,3-8,13H2,(H,27,32)(H,25,28,29). The van der Waals surface area contributed by atoms with E-state index in [9.17, 15) is 9.59 Å². The van der Waals surface area contributed by atoms with E-state index in [0.717, 1.165) is 36.1 Å². The predicted octanol–water partition coefficient (Wildman–Crippen LogP) is 3.66. The first kappa shape index (κ1) is 22.2. The zero-order valence-corrected chi connectivity index (χ0v) is 20.6. The molecule has 11 heteroatoms. The summed E-state index contributed by atoms with van der Waals surface area (Å²) in [5.74, 6) is 1.34. The first-order chi connectivity index (χ1) is 17.1. The maximum atomic E-state index is 13.5. The first-order valence-corrected chi connectivity index (χ1v) is 13.6. The van der Waals surface area contributed by atoms with Gasteiger partial charge in [-0.3, -0.25) is 9.59 Å². The van der Waals surface area contributed by atoms with E-state index in [1.165, 1.54) is 4.88 Å². The van der Waals surface area contributed by atoms with Crippen LogP contribution < -0.4 is 10.6 Å². The number of rotatable bonds is 7. The molecule has 1 aliphatic heterocycles. The highest BCUT2D eigenvalue weighted by Crippen LogP contribution is 2.30. The van der Waals surface area contributed by atoms with Crippen LogP contribution in [0.2, 0.25) is 0 Å². The van der Waals surface area contributed by atoms with E-state index >= 15 is 0 Å². The zero-order valence-electron chi connectivity index (χ0n) is 19.0. The molecule has 0 bridgehead atoms. The third kappa shape index (κ3) is 4.78. The molecule has 0 aromatic carbocycles. The molecule has 180 valence electrons. The lowest BCUT2D eigenvalue weighted by Crippen LogP contribution is -2.47. The van der Waals surface area contributed by atoms with Gasteiger partial charge in [-0.1, -0.05) is 6.07 Å². The minimum Gasteiger partial charge on any atom is -0.365 e. The Bertz CT molecular complexity index is 1350. The lowest BCUT2D eigenvalue weighted by atomic mass is 10.0. The van der Waals surface area contributed by atoms with Gasteiger partial charge in [-0.2, -0.15) is 5.10 Å². The predicted molar refractivity (Wildman–Crippen MR) is 136 cm³/mol. The number of thiazole rings is 1. The number of aromatic nitrogens is 4. The number of thiophene rings is 1. The Morgan fingerprint density at radius 1 is 1.09 bits per heavy atom. The monoisotopic (exact) mass is 507 g/mol. The van der Waals surface area contributed by atoms with Crippen LogP contribution in [0, 0.1) is 5.92 Å². The van der Waals surface area contributed by atoms with Crippen LogP contribution in [-0.4, -0.2) is 55.4 Å². The maximum Gasteiger partial charge on any atom is 0.272 e. The van der Waals surface area contributed by atoms with Gasteiger partial charge in [-0.05, 0) is 37.1 Å². The van der Waals surface area contributed by atoms with E-state index in [4.69, 9.17) is 4.98 Å². The molecule has 0 unspecified atom stereocenters. The van der Waals surface area contributed by atoms with Gasteiger partial charge in [-0.25, -0.2) is 14.5 Å². The van der Waals surface area contributed by atoms with Crippen molar-refractivity contribution < 1.29 is 9.59 Å². The summed E-state index contributed by atoms with van der Waals surface area (Å²) in [6.07, 6.45) is 7.14. The Labute approximate surface area is 210 Å². The average molecular weight is 508 g/mol. The smallest absolute Gasteiger partial charge is 0.272 e. The molecule has 2 amide bonds. The van der Waals surface area contributed by atoms with Crippen molar-refractivity contribution in [2.45, 2.75) is 38.3 Å². The van der Waals surface area contributed by atoms with Crippen LogP contribution in [0.25, 0.3) is 16.2 Å². The quantitative estimate of drug-likeness (QED) is 0.396. The lowest BCUT2D eigenvalue weighted by molar-refractivity contribution is -0.123. The summed E-state index contributed by atoms with van der Waals surface area (Å²) >= 11 is 3.23. The molecule has 4 aromatic rings. The molecular weight excluding hydrogens is 482 g/mol. The average Bonchev–Trinajstić information content (AvgIpc) is 3.23. The SMILES string of the molecule is O=C(NC1CCN(C(=O)c2cc(NCc3cccs3)nc(-c3cnn4ccsc34)n2)CC1)C1CC1. The fourth-order valence-corrected chi connectivity index (χ4v) is 5.73. The largest absolute Gasteiger partial charge is 0.365 e. The summed E-state index contributed by atoms with van der Waals surface area (Å²) in [4.78, 5) is 38.9. The molecule has 2 N–H and O–H groups in total. The Balaban J connectivity index is 1.22. The summed E-state index contributed by atoms with van der Waals surface area (Å²) in [7, 11) is 0. The van der Waals surface area contributed by atoms with E-state index in [2.05, 4.69) is 26.8 Å². The van der Waals surface area contributed by atoms with Gasteiger partial charge < -0.3 is 15.5 Å². The van der Waals surface area contributed by atoms with Crippen molar-refractivity contribution in [3.8, 4) is 11.4 Å². The Morgan fingerprint density at radius 3 is 2.71 bits per heavy atom. The van der Waals surface area contributed by atoms with E-state index in [-0.39, 0.29) is 23.8 Å². The van der Waals surface area contributed by atoms with Crippen molar-refractivity contribution in [1.82, 2.24) is 29.8 Å². The molecule has 1 saturated heterocycles. The Hall–Kier alpha value is -3.31. The van der Waals surface area contributed by atoms with Gasteiger partial charge in [0, 0.05) is 47.6 Å². The molecule has 6 rings (SSSR count). The number of likely N-dealkylation sites (tertiary alicyclic amines) is 1. The molecule has 1 aliphatic carbocycles. The van der Waals surface area contributed by atoms with E-state index in [1.54, 1.807) is 39.5 Å². The number of anilines is 1. The summed E-state index contributed by atoms with van der Waals surface area (Å²) in [6.45, 7) is 1.81. The van der Waals surface area contributed by atoms with Crippen LogP contribution in [-0.2, 0) is 11.3 Å². The van der Waals surface area contributed by atoms with Gasteiger partial charge in [0.15, 0.2) is 5.82 Å². The number of piperidine rings is 1. The number of nitrogens with zero attached hydrogens (tertiary/aromatic N) is 5. The van der Waals surface area contributed by atoms with Gasteiger partial charge in [0.05, 0.1) is 18.3 Å². The number of amides is 2. The number of hydrogen-bond donors (Lipinski definition) is 2. The van der Waals surface area contributed by atoms with Crippen molar-refractivity contribution in [2.75, 3.05) is 18.4 Å². The van der Waals surface area contributed by atoms with Crippen LogP contribution in [0.5, 0.6) is 0 Å². The number of nitrogens with one attached hydrogen (secondary N) is 2. The van der Waals surface area contributed by atoms with Crippen molar-refractivity contribution in [2.24, 2.45) is 5.92 Å². The molecule has 0 atom stereocenters. The summed E-state index contributed by atoms with van der Waals surface area (Å²) in [6, 6.07) is 5.94. The number of fused-ring (bicyclic) bond motifs is 1. The molecule has 2 fully saturated rings. The van der Waals surface area contributed by atoms with Crippen LogP contribution in [0.15, 0.2) is 41.4 Å². The van der Waals surface area contributed by atoms with Crippen molar-refractivity contribution in [3.05, 3.63) is 51.9 Å². The van der Waals surface area contributed by atoms with Crippen molar-refractivity contribution >= 4 is 45.1 Å². The first-order valence-electron chi connectivity index (χ1n) is 11.8. The summed E-state index contributed by atoms with van der Waals surface area (Å²) in [5, 5.41) is 14.9. The lowest BCUT2D eigenvalue weighted by Gasteiger charge is -2.32. The minimum absolute atomic E-state index is 0.116. The minimum atomic E-state index is -0.116. The second kappa shape index (κ2) is 9.38. The van der Waals surface area contributed by atoms with Crippen molar-refractivity contribution in [1.29, 1.82) is 0 Å². The second-order valence-corrected chi connectivity index (χ2v) is 10.9. The van der Waals surface area contributed by atoms with Crippen LogP contribution in [0.1, 0.15) is 41.0 Å². The summed E-state index contributed by atoms with van der Waals surface area (Å²) in [5.41, 5.74) is 1.16. The second-order valence-electron chi connectivity index (χ2n) is 8.96. The topological polar surface area (TPSA) is 105 Å². The highest BCUT2D eigenvalue weighted by Gasteiger charge is 2.32. The molecule has 0 spiro atoms. The molecule has 9 nitrogen and oxygen atoms in total. The van der Waals surface area contributed by atoms with E-state index < -0.39 is 0 Å². The van der Waals surface area contributed by atoms with Gasteiger partial charge >= 0.3 is 0 Å². The molecule has 2 aliphatic rings. The highest BCUT2D eigenvalue weighted by molar-refractivity contribution is 7.16. The van der Waals surface area contributed by atoms with Crippen LogP contribution >= 0.6 is 22.7 Å². The molecule has 5 heterocycles. The Kier molecular flexibility index (Phi) is 5.95.